The van der Waals surface area contributed by atoms with E-state index in [4.69, 9.17) is 25.8 Å². The number of benzene rings is 2. The molecule has 0 saturated heterocycles. The quantitative estimate of drug-likeness (QED) is 0.844. The van der Waals surface area contributed by atoms with Gasteiger partial charge in [-0.25, -0.2) is 0 Å². The van der Waals surface area contributed by atoms with Crippen LogP contribution in [0.3, 0.4) is 0 Å². The van der Waals surface area contributed by atoms with Crippen LogP contribution < -0.4 is 24.8 Å². The maximum Gasteiger partial charge on any atom is 0.265 e. The molecule has 2 aliphatic rings. The van der Waals surface area contributed by atoms with E-state index in [9.17, 15) is 9.59 Å². The van der Waals surface area contributed by atoms with E-state index in [-0.39, 0.29) is 18.2 Å². The Labute approximate surface area is 160 Å². The minimum Gasteiger partial charge on any atom is -0.486 e. The Morgan fingerprint density at radius 3 is 2.89 bits per heavy atom. The van der Waals surface area contributed by atoms with Crippen LogP contribution in [0.15, 0.2) is 30.3 Å². The van der Waals surface area contributed by atoms with Gasteiger partial charge in [-0.15, -0.1) is 0 Å². The van der Waals surface area contributed by atoms with Gasteiger partial charge in [0.25, 0.3) is 5.91 Å². The summed E-state index contributed by atoms with van der Waals surface area (Å²) < 4.78 is 16.5. The number of fused-ring (bicyclic) bond motifs is 2. The Morgan fingerprint density at radius 1 is 1.22 bits per heavy atom. The number of halogens is 1. The smallest absolute Gasteiger partial charge is 0.265 e. The first-order valence-electron chi connectivity index (χ1n) is 8.49. The molecule has 1 atom stereocenters. The van der Waals surface area contributed by atoms with Crippen LogP contribution in [0.1, 0.15) is 12.5 Å². The summed E-state index contributed by atoms with van der Waals surface area (Å²) in [6.07, 6.45) is -0.425. The average molecular weight is 389 g/mol. The Hall–Kier alpha value is -2.93. The minimum atomic E-state index is -0.544. The molecule has 0 aromatic heterocycles. The van der Waals surface area contributed by atoms with E-state index in [1.165, 1.54) is 0 Å². The van der Waals surface area contributed by atoms with Crippen LogP contribution in [-0.4, -0.2) is 31.1 Å². The van der Waals surface area contributed by atoms with Crippen molar-refractivity contribution >= 4 is 34.8 Å². The minimum absolute atomic E-state index is 0.118. The van der Waals surface area contributed by atoms with E-state index < -0.39 is 6.10 Å². The Morgan fingerprint density at radius 2 is 2.04 bits per heavy atom. The highest BCUT2D eigenvalue weighted by Crippen LogP contribution is 2.38. The van der Waals surface area contributed by atoms with Gasteiger partial charge in [0.15, 0.2) is 17.6 Å². The maximum atomic E-state index is 12.4. The van der Waals surface area contributed by atoms with Crippen molar-refractivity contribution < 1.29 is 23.8 Å². The Balaban J connectivity index is 1.46. The van der Waals surface area contributed by atoms with Gasteiger partial charge in [0.05, 0.1) is 17.1 Å². The highest BCUT2D eigenvalue weighted by molar-refractivity contribution is 6.32. The fraction of sp³-hybridized carbons (Fsp3) is 0.263. The molecule has 0 spiro atoms. The number of ether oxygens (including phenoxy) is 3. The van der Waals surface area contributed by atoms with Crippen molar-refractivity contribution in [1.82, 2.24) is 0 Å². The number of rotatable bonds is 3. The summed E-state index contributed by atoms with van der Waals surface area (Å²) in [5.74, 6) is 1.17. The normalized spacial score (nSPS) is 17.4. The summed E-state index contributed by atoms with van der Waals surface area (Å²) in [7, 11) is 0. The predicted octanol–water partition coefficient (Wildman–Crippen LogP) is 3.01. The monoisotopic (exact) mass is 388 g/mol. The summed E-state index contributed by atoms with van der Waals surface area (Å²) >= 11 is 6.21. The summed E-state index contributed by atoms with van der Waals surface area (Å²) in [5.41, 5.74) is 1.80. The van der Waals surface area contributed by atoms with Gasteiger partial charge in [-0.05, 0) is 42.8 Å². The van der Waals surface area contributed by atoms with Gasteiger partial charge >= 0.3 is 0 Å². The number of carbonyl (C=O) groups is 2. The van der Waals surface area contributed by atoms with Crippen molar-refractivity contribution in [2.45, 2.75) is 19.4 Å². The lowest BCUT2D eigenvalue weighted by atomic mass is 10.1. The number of amides is 2. The number of anilines is 2. The van der Waals surface area contributed by atoms with Gasteiger partial charge < -0.3 is 24.8 Å². The lowest BCUT2D eigenvalue weighted by Crippen LogP contribution is -2.34. The summed E-state index contributed by atoms with van der Waals surface area (Å²) in [4.78, 5) is 24.1. The first kappa shape index (κ1) is 17.5. The first-order chi connectivity index (χ1) is 13.0. The van der Waals surface area contributed by atoms with Gasteiger partial charge in [0.2, 0.25) is 5.91 Å². The second-order valence-corrected chi connectivity index (χ2v) is 6.69. The average Bonchev–Trinajstić information content (AvgIpc) is 2.63. The standard InChI is InChI=1S/C19H17ClN2O5/c1-10-19(24)22-14-9-12(2-3-15(14)27-10)21-17(23)8-11-6-13(20)18-16(7-11)25-4-5-26-18/h2-3,6-7,9-10H,4-5,8H2,1H3,(H,21,23)(H,22,24)/t10-/m1/s1. The predicted molar refractivity (Wildman–Crippen MR) is 99.9 cm³/mol. The van der Waals surface area contributed by atoms with Crippen molar-refractivity contribution in [2.75, 3.05) is 23.8 Å². The van der Waals surface area contributed by atoms with Gasteiger partial charge in [0, 0.05) is 5.69 Å². The largest absolute Gasteiger partial charge is 0.486 e. The van der Waals surface area contributed by atoms with E-state index in [1.54, 1.807) is 37.3 Å². The van der Waals surface area contributed by atoms with E-state index in [0.717, 1.165) is 0 Å². The molecule has 7 nitrogen and oxygen atoms in total. The zero-order valence-electron chi connectivity index (χ0n) is 14.5. The van der Waals surface area contributed by atoms with Crippen molar-refractivity contribution in [3.63, 3.8) is 0 Å². The third-order valence-electron chi connectivity index (χ3n) is 4.22. The molecule has 2 amide bonds. The van der Waals surface area contributed by atoms with E-state index in [1.807, 2.05) is 0 Å². The number of hydrogen-bond acceptors (Lipinski definition) is 5. The first-order valence-corrected chi connectivity index (χ1v) is 8.87. The van der Waals surface area contributed by atoms with Gasteiger partial charge in [-0.3, -0.25) is 9.59 Å². The van der Waals surface area contributed by atoms with Crippen molar-refractivity contribution in [1.29, 1.82) is 0 Å². The molecule has 2 aromatic carbocycles. The molecule has 2 aliphatic heterocycles. The fourth-order valence-corrected chi connectivity index (χ4v) is 3.23. The molecule has 0 radical (unpaired) electrons. The molecule has 2 N–H and O–H groups in total. The van der Waals surface area contributed by atoms with Crippen molar-refractivity contribution in [3.05, 3.63) is 40.9 Å². The molecule has 2 heterocycles. The van der Waals surface area contributed by atoms with E-state index >= 15 is 0 Å². The van der Waals surface area contributed by atoms with Crippen molar-refractivity contribution in [3.8, 4) is 17.2 Å². The van der Waals surface area contributed by atoms with Crippen LogP contribution in [0.25, 0.3) is 0 Å². The molecule has 0 aliphatic carbocycles. The molecule has 8 heteroatoms. The van der Waals surface area contributed by atoms with E-state index in [2.05, 4.69) is 10.6 Å². The zero-order valence-corrected chi connectivity index (χ0v) is 15.3. The number of carbonyl (C=O) groups excluding carboxylic acids is 2. The Bertz CT molecular complexity index is 931. The van der Waals surface area contributed by atoms with Gasteiger partial charge in [0.1, 0.15) is 19.0 Å². The molecule has 4 rings (SSSR count). The second kappa shape index (κ2) is 7.00. The van der Waals surface area contributed by atoms with Crippen LogP contribution in [0.4, 0.5) is 11.4 Å². The van der Waals surface area contributed by atoms with E-state index in [0.29, 0.717) is 52.4 Å². The molecule has 140 valence electrons. The molecular formula is C19H17ClN2O5. The Kier molecular flexibility index (Phi) is 4.53. The lowest BCUT2D eigenvalue weighted by molar-refractivity contribution is -0.122. The topological polar surface area (TPSA) is 85.9 Å². The van der Waals surface area contributed by atoms with Crippen LogP contribution >= 0.6 is 11.6 Å². The zero-order chi connectivity index (χ0) is 19.0. The van der Waals surface area contributed by atoms with Gasteiger partial charge in [-0.2, -0.15) is 0 Å². The lowest BCUT2D eigenvalue weighted by Gasteiger charge is -2.23. The number of nitrogens with one attached hydrogen (secondary N) is 2. The number of hydrogen-bond donors (Lipinski definition) is 2. The molecule has 27 heavy (non-hydrogen) atoms. The molecule has 0 bridgehead atoms. The maximum absolute atomic E-state index is 12.4. The highest BCUT2D eigenvalue weighted by atomic mass is 35.5. The second-order valence-electron chi connectivity index (χ2n) is 6.29. The molecule has 2 aromatic rings. The van der Waals surface area contributed by atoms with Crippen LogP contribution in [0.2, 0.25) is 5.02 Å². The van der Waals surface area contributed by atoms with Crippen LogP contribution in [0, 0.1) is 0 Å². The fourth-order valence-electron chi connectivity index (χ4n) is 2.94. The molecule has 0 fully saturated rings. The van der Waals surface area contributed by atoms with Crippen LogP contribution in [0.5, 0.6) is 17.2 Å². The third-order valence-corrected chi connectivity index (χ3v) is 4.50. The summed E-state index contributed by atoms with van der Waals surface area (Å²) in [6.45, 7) is 2.57. The SMILES string of the molecule is C[C@H]1Oc2ccc(NC(=O)Cc3cc(Cl)c4c(c3)OCCO4)cc2NC1=O. The highest BCUT2D eigenvalue weighted by Gasteiger charge is 2.24. The van der Waals surface area contributed by atoms with Crippen LogP contribution in [-0.2, 0) is 16.0 Å². The summed E-state index contributed by atoms with van der Waals surface area (Å²) in [6, 6.07) is 8.53. The molecule has 0 saturated carbocycles. The summed E-state index contributed by atoms with van der Waals surface area (Å²) in [5, 5.41) is 5.97. The third kappa shape index (κ3) is 3.64. The van der Waals surface area contributed by atoms with Crippen molar-refractivity contribution in [2.24, 2.45) is 0 Å². The molecular weight excluding hydrogens is 372 g/mol. The molecule has 0 unspecified atom stereocenters. The van der Waals surface area contributed by atoms with Gasteiger partial charge in [-0.1, -0.05) is 11.6 Å².